The van der Waals surface area contributed by atoms with Crippen LogP contribution in [0.1, 0.15) is 28.1 Å². The van der Waals surface area contributed by atoms with E-state index in [1.54, 1.807) is 11.8 Å². The molecule has 0 atom stereocenters. The molecule has 0 saturated heterocycles. The summed E-state index contributed by atoms with van der Waals surface area (Å²) in [4.78, 5) is 0. The van der Waals surface area contributed by atoms with E-state index in [0.717, 1.165) is 17.1 Å². The van der Waals surface area contributed by atoms with Crippen LogP contribution in [0.4, 0.5) is 0 Å². The number of aromatic nitrogens is 2. The first kappa shape index (κ1) is 16.6. The maximum Gasteiger partial charge on any atom is 0.277 e. The number of hydrogen-bond donors (Lipinski definition) is 0. The number of aryl methyl sites for hydroxylation is 3. The van der Waals surface area contributed by atoms with Crippen molar-refractivity contribution in [1.82, 2.24) is 10.2 Å². The van der Waals surface area contributed by atoms with Crippen molar-refractivity contribution in [2.45, 2.75) is 38.4 Å². The van der Waals surface area contributed by atoms with Crippen LogP contribution in [-0.2, 0) is 12.4 Å². The molecule has 0 radical (unpaired) electrons. The van der Waals surface area contributed by atoms with Crippen molar-refractivity contribution in [3.05, 3.63) is 70.6 Å². The molecule has 0 aliphatic heterocycles. The molecule has 4 nitrogen and oxygen atoms in total. The monoisotopic (exact) mass is 340 g/mol. The van der Waals surface area contributed by atoms with Crippen molar-refractivity contribution in [2.75, 3.05) is 0 Å². The Bertz CT molecular complexity index is 830. The molecule has 3 rings (SSSR count). The van der Waals surface area contributed by atoms with Gasteiger partial charge in [0, 0.05) is 5.75 Å². The lowest BCUT2D eigenvalue weighted by atomic mass is 10.1. The zero-order valence-corrected chi connectivity index (χ0v) is 14.9. The van der Waals surface area contributed by atoms with E-state index in [9.17, 15) is 0 Å². The summed E-state index contributed by atoms with van der Waals surface area (Å²) in [5.41, 5.74) is 4.98. The summed E-state index contributed by atoms with van der Waals surface area (Å²) in [6.07, 6.45) is 0. The normalized spacial score (nSPS) is 10.8. The van der Waals surface area contributed by atoms with Crippen LogP contribution in [0, 0.1) is 20.8 Å². The first-order chi connectivity index (χ1) is 11.6. The number of thioether (sulfide) groups is 1. The van der Waals surface area contributed by atoms with Crippen LogP contribution in [0.25, 0.3) is 0 Å². The van der Waals surface area contributed by atoms with Crippen molar-refractivity contribution in [3.8, 4) is 5.75 Å². The van der Waals surface area contributed by atoms with E-state index in [0.29, 0.717) is 11.1 Å². The van der Waals surface area contributed by atoms with Crippen molar-refractivity contribution < 1.29 is 9.15 Å². The van der Waals surface area contributed by atoms with Gasteiger partial charge in [-0.1, -0.05) is 47.7 Å². The molecule has 0 fully saturated rings. The first-order valence-corrected chi connectivity index (χ1v) is 8.79. The largest absolute Gasteiger partial charge is 0.484 e. The van der Waals surface area contributed by atoms with Gasteiger partial charge in [-0.25, -0.2) is 0 Å². The number of ether oxygens (including phenoxy) is 1. The third-order valence-corrected chi connectivity index (χ3v) is 4.52. The Morgan fingerprint density at radius 2 is 1.83 bits per heavy atom. The third kappa shape index (κ3) is 4.38. The number of rotatable bonds is 6. The number of benzene rings is 2. The molecule has 0 bridgehead atoms. The lowest BCUT2D eigenvalue weighted by Crippen LogP contribution is -1.95. The summed E-state index contributed by atoms with van der Waals surface area (Å²) in [6.45, 7) is 6.52. The minimum atomic E-state index is 0.278. The molecule has 1 aromatic heterocycles. The van der Waals surface area contributed by atoms with Crippen LogP contribution in [-0.4, -0.2) is 10.2 Å². The average Bonchev–Trinajstić information content (AvgIpc) is 3.02. The molecule has 0 amide bonds. The molecular formula is C19H20N2O2S. The van der Waals surface area contributed by atoms with Gasteiger partial charge in [0.1, 0.15) is 5.75 Å². The van der Waals surface area contributed by atoms with Crippen LogP contribution < -0.4 is 4.74 Å². The van der Waals surface area contributed by atoms with Gasteiger partial charge in [0.05, 0.1) is 0 Å². The summed E-state index contributed by atoms with van der Waals surface area (Å²) in [5, 5.41) is 8.69. The summed E-state index contributed by atoms with van der Waals surface area (Å²) >= 11 is 1.55. The van der Waals surface area contributed by atoms with E-state index in [1.165, 1.54) is 16.7 Å². The molecule has 5 heteroatoms. The highest BCUT2D eigenvalue weighted by atomic mass is 32.2. The molecule has 0 aliphatic rings. The van der Waals surface area contributed by atoms with Crippen molar-refractivity contribution in [2.24, 2.45) is 0 Å². The SMILES string of the molecule is Cc1cccc(OCc2nnc(SCc3cc(C)ccc3C)o2)c1. The van der Waals surface area contributed by atoms with Crippen LogP contribution in [0.3, 0.4) is 0 Å². The summed E-state index contributed by atoms with van der Waals surface area (Å²) in [7, 11) is 0. The van der Waals surface area contributed by atoms with E-state index >= 15 is 0 Å². The van der Waals surface area contributed by atoms with Crippen molar-refractivity contribution >= 4 is 11.8 Å². The van der Waals surface area contributed by atoms with Gasteiger partial charge < -0.3 is 9.15 Å². The molecule has 0 saturated carbocycles. The maximum atomic E-state index is 5.68. The van der Waals surface area contributed by atoms with E-state index in [1.807, 2.05) is 31.2 Å². The molecule has 1 heterocycles. The highest BCUT2D eigenvalue weighted by molar-refractivity contribution is 7.98. The summed E-state index contributed by atoms with van der Waals surface area (Å²) < 4.78 is 11.3. The lowest BCUT2D eigenvalue weighted by Gasteiger charge is -2.05. The predicted octanol–water partition coefficient (Wildman–Crippen LogP) is 4.87. The average molecular weight is 340 g/mol. The van der Waals surface area contributed by atoms with Crippen molar-refractivity contribution in [3.63, 3.8) is 0 Å². The Morgan fingerprint density at radius 1 is 1.00 bits per heavy atom. The quantitative estimate of drug-likeness (QED) is 0.599. The molecule has 0 aliphatic carbocycles. The van der Waals surface area contributed by atoms with Crippen LogP contribution in [0.15, 0.2) is 52.1 Å². The van der Waals surface area contributed by atoms with E-state index < -0.39 is 0 Å². The van der Waals surface area contributed by atoms with Gasteiger partial charge in [-0.2, -0.15) is 0 Å². The molecule has 2 aromatic carbocycles. The standard InChI is InChI=1S/C19H20N2O2S/c1-13-5-4-6-17(10-13)22-11-18-20-21-19(23-18)24-12-16-9-14(2)7-8-15(16)3/h4-10H,11-12H2,1-3H3. The van der Waals surface area contributed by atoms with E-state index in [4.69, 9.17) is 9.15 Å². The predicted molar refractivity (Wildman–Crippen MR) is 95.3 cm³/mol. The van der Waals surface area contributed by atoms with Crippen LogP contribution in [0.5, 0.6) is 5.75 Å². The van der Waals surface area contributed by atoms with Crippen LogP contribution >= 0.6 is 11.8 Å². The topological polar surface area (TPSA) is 48.2 Å². The Kier molecular flexibility index (Phi) is 5.20. The molecule has 24 heavy (non-hydrogen) atoms. The summed E-state index contributed by atoms with van der Waals surface area (Å²) in [6, 6.07) is 14.3. The summed E-state index contributed by atoms with van der Waals surface area (Å²) in [5.74, 6) is 2.10. The fraction of sp³-hybridized carbons (Fsp3) is 0.263. The minimum Gasteiger partial charge on any atom is -0.484 e. The van der Waals surface area contributed by atoms with Gasteiger partial charge in [-0.3, -0.25) is 0 Å². The molecule has 0 spiro atoms. The number of hydrogen-bond acceptors (Lipinski definition) is 5. The Labute approximate surface area is 146 Å². The van der Waals surface area contributed by atoms with Gasteiger partial charge in [0.15, 0.2) is 6.61 Å². The fourth-order valence-corrected chi connectivity index (χ4v) is 3.14. The molecule has 0 N–H and O–H groups in total. The van der Waals surface area contributed by atoms with Gasteiger partial charge in [0.2, 0.25) is 0 Å². The van der Waals surface area contributed by atoms with E-state index in [-0.39, 0.29) is 6.61 Å². The molecule has 3 aromatic rings. The lowest BCUT2D eigenvalue weighted by molar-refractivity contribution is 0.252. The minimum absolute atomic E-state index is 0.278. The van der Waals surface area contributed by atoms with Gasteiger partial charge in [-0.05, 0) is 49.6 Å². The van der Waals surface area contributed by atoms with Crippen LogP contribution in [0.2, 0.25) is 0 Å². The van der Waals surface area contributed by atoms with Gasteiger partial charge >= 0.3 is 0 Å². The van der Waals surface area contributed by atoms with E-state index in [2.05, 4.69) is 42.2 Å². The molecular weight excluding hydrogens is 320 g/mol. The van der Waals surface area contributed by atoms with Crippen molar-refractivity contribution in [1.29, 1.82) is 0 Å². The third-order valence-electron chi connectivity index (χ3n) is 3.66. The second-order valence-electron chi connectivity index (χ2n) is 5.79. The molecule has 124 valence electrons. The van der Waals surface area contributed by atoms with Gasteiger partial charge in [-0.15, -0.1) is 10.2 Å². The Balaban J connectivity index is 1.56. The highest BCUT2D eigenvalue weighted by Gasteiger charge is 2.09. The highest BCUT2D eigenvalue weighted by Crippen LogP contribution is 2.24. The van der Waals surface area contributed by atoms with Gasteiger partial charge in [0.25, 0.3) is 11.1 Å². The Morgan fingerprint density at radius 3 is 2.67 bits per heavy atom. The molecule has 0 unspecified atom stereocenters. The fourth-order valence-electron chi connectivity index (χ4n) is 2.30. The number of nitrogens with zero attached hydrogens (tertiary/aromatic N) is 2. The maximum absolute atomic E-state index is 5.68. The first-order valence-electron chi connectivity index (χ1n) is 7.81. The second kappa shape index (κ2) is 7.53. The zero-order chi connectivity index (χ0) is 16.9. The zero-order valence-electron chi connectivity index (χ0n) is 14.1. The smallest absolute Gasteiger partial charge is 0.277 e. The Hall–Kier alpha value is -2.27. The second-order valence-corrected chi connectivity index (χ2v) is 6.71.